The third-order valence-electron chi connectivity index (χ3n) is 4.67. The van der Waals surface area contributed by atoms with Crippen molar-refractivity contribution in [3.8, 4) is 22.0 Å². The van der Waals surface area contributed by atoms with Gasteiger partial charge >= 0.3 is 0 Å². The van der Waals surface area contributed by atoms with E-state index in [1.165, 1.54) is 28.0 Å². The molecule has 0 aliphatic heterocycles. The van der Waals surface area contributed by atoms with Gasteiger partial charge in [0.2, 0.25) is 5.91 Å². The number of nitrogens with zero attached hydrogens (tertiary/aromatic N) is 3. The third-order valence-corrected chi connectivity index (χ3v) is 6.60. The molecule has 0 fully saturated rings. The van der Waals surface area contributed by atoms with Crippen molar-refractivity contribution in [1.29, 1.82) is 0 Å². The Hall–Kier alpha value is -2.62. The van der Waals surface area contributed by atoms with Crippen molar-refractivity contribution in [2.75, 3.05) is 5.32 Å². The molecule has 1 amide bonds. The molecule has 3 aromatic heterocycles. The van der Waals surface area contributed by atoms with Crippen LogP contribution in [0.4, 0.5) is 5.13 Å². The van der Waals surface area contributed by atoms with Crippen molar-refractivity contribution >= 4 is 45.9 Å². The van der Waals surface area contributed by atoms with Crippen LogP contribution in [0.15, 0.2) is 35.0 Å². The van der Waals surface area contributed by atoms with Crippen LogP contribution in [0, 0.1) is 25.5 Å². The summed E-state index contributed by atoms with van der Waals surface area (Å²) in [5.74, 6) is 0.462. The number of aryl methyl sites for hydroxylation is 3. The van der Waals surface area contributed by atoms with E-state index in [9.17, 15) is 4.79 Å². The molecule has 0 radical (unpaired) electrons. The second-order valence-electron chi connectivity index (χ2n) is 6.75. The van der Waals surface area contributed by atoms with Crippen LogP contribution < -0.4 is 5.32 Å². The number of thiophene rings is 1. The topological polar surface area (TPSA) is 75.6 Å². The van der Waals surface area contributed by atoms with Gasteiger partial charge in [0.1, 0.15) is 6.54 Å². The van der Waals surface area contributed by atoms with E-state index in [0.29, 0.717) is 15.7 Å². The van der Waals surface area contributed by atoms with Crippen molar-refractivity contribution in [2.45, 2.75) is 27.3 Å². The largest absolute Gasteiger partial charge is 0.300 e. The van der Waals surface area contributed by atoms with Crippen LogP contribution in [-0.2, 0) is 11.3 Å². The molecular formula is C20H19N5OS3. The number of carbonyl (C=O) groups excluding carboxylic acids is 1. The van der Waals surface area contributed by atoms with Crippen molar-refractivity contribution < 1.29 is 4.79 Å². The quantitative estimate of drug-likeness (QED) is 0.409. The summed E-state index contributed by atoms with van der Waals surface area (Å²) in [7, 11) is 0. The Labute approximate surface area is 181 Å². The number of carbonyl (C=O) groups is 1. The summed E-state index contributed by atoms with van der Waals surface area (Å²) in [5, 5.41) is 14.4. The molecule has 6 nitrogen and oxygen atoms in total. The predicted octanol–water partition coefficient (Wildman–Crippen LogP) is 5.36. The molecule has 0 bridgehead atoms. The Kier molecular flexibility index (Phi) is 5.44. The summed E-state index contributed by atoms with van der Waals surface area (Å²) >= 11 is 8.25. The van der Waals surface area contributed by atoms with Crippen LogP contribution in [-0.4, -0.2) is 25.7 Å². The number of benzene rings is 1. The maximum atomic E-state index is 12.6. The highest BCUT2D eigenvalue weighted by atomic mass is 32.1. The zero-order valence-electron chi connectivity index (χ0n) is 16.1. The number of thiazole rings is 1. The van der Waals surface area contributed by atoms with Crippen molar-refractivity contribution in [2.24, 2.45) is 0 Å². The van der Waals surface area contributed by atoms with Crippen LogP contribution in [0.25, 0.3) is 22.0 Å². The summed E-state index contributed by atoms with van der Waals surface area (Å²) in [4.78, 5) is 18.2. The molecule has 29 heavy (non-hydrogen) atoms. The van der Waals surface area contributed by atoms with Gasteiger partial charge in [0.25, 0.3) is 0 Å². The molecule has 3 heterocycles. The molecule has 0 spiro atoms. The van der Waals surface area contributed by atoms with Crippen LogP contribution in [0.5, 0.6) is 0 Å². The van der Waals surface area contributed by atoms with Gasteiger partial charge in [-0.3, -0.25) is 14.5 Å². The first kappa shape index (κ1) is 19.7. The molecular weight excluding hydrogens is 422 g/mol. The van der Waals surface area contributed by atoms with Gasteiger partial charge in [0.05, 0.1) is 10.6 Å². The van der Waals surface area contributed by atoms with Gasteiger partial charge < -0.3 is 5.32 Å². The molecule has 0 unspecified atom stereocenters. The van der Waals surface area contributed by atoms with Gasteiger partial charge in [-0.05, 0) is 67.2 Å². The fourth-order valence-corrected chi connectivity index (χ4v) is 4.70. The predicted molar refractivity (Wildman–Crippen MR) is 121 cm³/mol. The van der Waals surface area contributed by atoms with E-state index in [-0.39, 0.29) is 12.5 Å². The highest BCUT2D eigenvalue weighted by molar-refractivity contribution is 7.71. The monoisotopic (exact) mass is 441 g/mol. The molecule has 9 heteroatoms. The first-order chi connectivity index (χ1) is 13.9. The Balaban J connectivity index is 1.52. The minimum absolute atomic E-state index is 0.0696. The molecule has 0 aliphatic carbocycles. The molecule has 1 aromatic carbocycles. The Bertz CT molecular complexity index is 1230. The zero-order valence-corrected chi connectivity index (χ0v) is 18.6. The van der Waals surface area contributed by atoms with Crippen LogP contribution in [0.2, 0.25) is 0 Å². The van der Waals surface area contributed by atoms with Gasteiger partial charge in [-0.1, -0.05) is 12.1 Å². The molecule has 148 valence electrons. The lowest BCUT2D eigenvalue weighted by Crippen LogP contribution is -2.19. The van der Waals surface area contributed by atoms with E-state index in [2.05, 4.69) is 53.4 Å². The molecule has 2 N–H and O–H groups in total. The maximum absolute atomic E-state index is 12.6. The number of rotatable bonds is 5. The number of hydrogen-bond donors (Lipinski definition) is 2. The zero-order chi connectivity index (χ0) is 20.5. The highest BCUT2D eigenvalue weighted by Gasteiger charge is 2.15. The van der Waals surface area contributed by atoms with Crippen LogP contribution in [0.3, 0.4) is 0 Å². The summed E-state index contributed by atoms with van der Waals surface area (Å²) in [5.41, 5.74) is 5.60. The van der Waals surface area contributed by atoms with E-state index >= 15 is 0 Å². The first-order valence-electron chi connectivity index (χ1n) is 8.95. The van der Waals surface area contributed by atoms with Gasteiger partial charge in [-0.25, -0.2) is 4.98 Å². The van der Waals surface area contributed by atoms with E-state index in [1.807, 2.05) is 22.9 Å². The molecule has 0 aliphatic rings. The average Bonchev–Trinajstić information content (AvgIpc) is 3.41. The summed E-state index contributed by atoms with van der Waals surface area (Å²) < 4.78 is 2.10. The SMILES string of the molecule is Cc1cc(C)c(-c2csc(NC(=O)Cn3c(-c4cccs4)n[nH]c3=S)n2)cc1C. The molecule has 0 saturated carbocycles. The normalized spacial score (nSPS) is 11.0. The Morgan fingerprint density at radius 1 is 1.21 bits per heavy atom. The standard InChI is InChI=1S/C20H19N5OS3/c1-11-7-13(3)14(8-12(11)2)15-10-29-19(21-15)22-17(26)9-25-18(23-24-20(25)27)16-5-4-6-28-16/h4-8,10H,9H2,1-3H3,(H,24,27)(H,21,22,26). The number of aromatic amines is 1. The average molecular weight is 442 g/mol. The Morgan fingerprint density at radius 2 is 2.00 bits per heavy atom. The number of anilines is 1. The number of nitrogens with one attached hydrogen (secondary N) is 2. The lowest BCUT2D eigenvalue weighted by Gasteiger charge is -2.08. The van der Waals surface area contributed by atoms with Crippen molar-refractivity contribution in [3.05, 3.63) is 56.5 Å². The number of hydrogen-bond acceptors (Lipinski definition) is 6. The minimum Gasteiger partial charge on any atom is -0.300 e. The molecule has 0 atom stereocenters. The molecule has 4 rings (SSSR count). The maximum Gasteiger partial charge on any atom is 0.246 e. The van der Waals surface area contributed by atoms with E-state index in [4.69, 9.17) is 12.2 Å². The number of H-pyrrole nitrogens is 1. The van der Waals surface area contributed by atoms with Crippen molar-refractivity contribution in [3.63, 3.8) is 0 Å². The van der Waals surface area contributed by atoms with Gasteiger partial charge in [-0.15, -0.1) is 22.7 Å². The second-order valence-corrected chi connectivity index (χ2v) is 8.95. The van der Waals surface area contributed by atoms with E-state index in [0.717, 1.165) is 16.1 Å². The third kappa shape index (κ3) is 4.07. The van der Waals surface area contributed by atoms with Gasteiger partial charge in [0.15, 0.2) is 15.7 Å². The lowest BCUT2D eigenvalue weighted by atomic mass is 9.99. The summed E-state index contributed by atoms with van der Waals surface area (Å²) in [6.45, 7) is 6.34. The van der Waals surface area contributed by atoms with Crippen LogP contribution >= 0.6 is 34.9 Å². The van der Waals surface area contributed by atoms with Gasteiger partial charge in [0, 0.05) is 10.9 Å². The highest BCUT2D eigenvalue weighted by Crippen LogP contribution is 2.29. The van der Waals surface area contributed by atoms with Gasteiger partial charge in [-0.2, -0.15) is 5.10 Å². The smallest absolute Gasteiger partial charge is 0.246 e. The summed E-state index contributed by atoms with van der Waals surface area (Å²) in [6, 6.07) is 8.19. The number of amides is 1. The second kappa shape index (κ2) is 8.02. The number of aromatic nitrogens is 4. The first-order valence-corrected chi connectivity index (χ1v) is 11.1. The lowest BCUT2D eigenvalue weighted by molar-refractivity contribution is -0.116. The van der Waals surface area contributed by atoms with Crippen molar-refractivity contribution in [1.82, 2.24) is 19.7 Å². The minimum atomic E-state index is -0.196. The molecule has 4 aromatic rings. The fourth-order valence-electron chi connectivity index (χ4n) is 3.05. The fraction of sp³-hybridized carbons (Fsp3) is 0.200. The Morgan fingerprint density at radius 3 is 2.76 bits per heavy atom. The van der Waals surface area contributed by atoms with E-state index in [1.54, 1.807) is 15.9 Å². The molecule has 0 saturated heterocycles. The summed E-state index contributed by atoms with van der Waals surface area (Å²) in [6.07, 6.45) is 0. The van der Waals surface area contributed by atoms with E-state index < -0.39 is 0 Å². The van der Waals surface area contributed by atoms with Crippen LogP contribution in [0.1, 0.15) is 16.7 Å².